The third kappa shape index (κ3) is 4.72. The van der Waals surface area contributed by atoms with Gasteiger partial charge in [-0.1, -0.05) is 48.5 Å². The average molecular weight is 453 g/mol. The molecule has 1 fully saturated rings. The Hall–Kier alpha value is -3.90. The summed E-state index contributed by atoms with van der Waals surface area (Å²) in [6.45, 7) is 0.860. The molecule has 0 bridgehead atoms. The number of benzene rings is 3. The van der Waals surface area contributed by atoms with Crippen LogP contribution in [0, 0.1) is 0 Å². The van der Waals surface area contributed by atoms with Crippen molar-refractivity contribution in [1.29, 1.82) is 0 Å². The van der Waals surface area contributed by atoms with E-state index in [1.54, 1.807) is 12.1 Å². The van der Waals surface area contributed by atoms with Gasteiger partial charge in [-0.2, -0.15) is 0 Å². The maximum Gasteiger partial charge on any atom is 0.258 e. The van der Waals surface area contributed by atoms with E-state index in [1.807, 2.05) is 62.6 Å². The smallest absolute Gasteiger partial charge is 0.258 e. The molecule has 0 aromatic heterocycles. The third-order valence-corrected chi connectivity index (χ3v) is 5.97. The summed E-state index contributed by atoms with van der Waals surface area (Å²) in [6, 6.07) is 23.7. The maximum atomic E-state index is 13.2. The van der Waals surface area contributed by atoms with Crippen LogP contribution < -0.4 is 16.0 Å². The lowest BCUT2D eigenvalue weighted by Gasteiger charge is -2.16. The molecule has 0 saturated heterocycles. The number of fused-ring (bicyclic) bond motifs is 1. The van der Waals surface area contributed by atoms with Gasteiger partial charge >= 0.3 is 0 Å². The number of hydrogen-bond acceptors (Lipinski definition) is 4. The molecule has 34 heavy (non-hydrogen) atoms. The van der Waals surface area contributed by atoms with Crippen LogP contribution in [-0.2, 0) is 11.3 Å². The van der Waals surface area contributed by atoms with E-state index in [2.05, 4.69) is 33.0 Å². The summed E-state index contributed by atoms with van der Waals surface area (Å²) in [4.78, 5) is 27.8. The van der Waals surface area contributed by atoms with Crippen molar-refractivity contribution in [2.75, 3.05) is 24.7 Å². The van der Waals surface area contributed by atoms with E-state index < -0.39 is 0 Å². The topological polar surface area (TPSA) is 73.5 Å². The van der Waals surface area contributed by atoms with Gasteiger partial charge in [-0.05, 0) is 62.3 Å². The molecule has 1 aliphatic heterocycles. The van der Waals surface area contributed by atoms with Crippen LogP contribution in [0.5, 0.6) is 0 Å². The van der Waals surface area contributed by atoms with Crippen molar-refractivity contribution in [2.45, 2.75) is 25.4 Å². The first-order chi connectivity index (χ1) is 16.5. The number of amides is 2. The molecule has 1 saturated carbocycles. The second-order valence-corrected chi connectivity index (χ2v) is 9.14. The standard InChI is InChI=1S/C28H28N4O2/c1-32(2)17-18-8-11-21(12-9-18)29-26(19-6-4-3-5-7-19)25-23-15-10-20(16-24(23)31-28(25)34)27(33)30-22-13-14-22/h3-12,15-16,22,29H,13-14,17H2,1-2H3,(H,30,33)(H,31,34)/b26-25-. The highest BCUT2D eigenvalue weighted by atomic mass is 16.2. The Balaban J connectivity index is 1.52. The Bertz CT molecular complexity index is 1260. The molecule has 0 radical (unpaired) electrons. The molecule has 0 spiro atoms. The number of rotatable bonds is 7. The van der Waals surface area contributed by atoms with Crippen molar-refractivity contribution in [3.63, 3.8) is 0 Å². The van der Waals surface area contributed by atoms with Crippen LogP contribution in [-0.4, -0.2) is 36.9 Å². The Labute approximate surface area is 199 Å². The molecule has 3 N–H and O–H groups in total. The van der Waals surface area contributed by atoms with E-state index in [1.165, 1.54) is 5.56 Å². The molecule has 1 aliphatic carbocycles. The molecule has 172 valence electrons. The van der Waals surface area contributed by atoms with Gasteiger partial charge in [-0.3, -0.25) is 9.59 Å². The van der Waals surface area contributed by atoms with Crippen LogP contribution in [0.15, 0.2) is 72.8 Å². The Morgan fingerprint density at radius 1 is 0.971 bits per heavy atom. The number of hydrogen-bond donors (Lipinski definition) is 3. The predicted molar refractivity (Wildman–Crippen MR) is 136 cm³/mol. The van der Waals surface area contributed by atoms with Crippen molar-refractivity contribution in [2.24, 2.45) is 0 Å². The molecule has 0 atom stereocenters. The largest absolute Gasteiger partial charge is 0.354 e. The first kappa shape index (κ1) is 21.9. The lowest BCUT2D eigenvalue weighted by Crippen LogP contribution is -2.25. The third-order valence-electron chi connectivity index (χ3n) is 5.97. The van der Waals surface area contributed by atoms with Crippen molar-refractivity contribution in [3.05, 3.63) is 95.1 Å². The van der Waals surface area contributed by atoms with E-state index in [-0.39, 0.29) is 17.9 Å². The summed E-state index contributed by atoms with van der Waals surface area (Å²) in [5, 5.41) is 9.45. The maximum absolute atomic E-state index is 13.2. The Morgan fingerprint density at radius 2 is 1.71 bits per heavy atom. The molecule has 1 heterocycles. The van der Waals surface area contributed by atoms with Gasteiger partial charge in [0.2, 0.25) is 0 Å². The molecule has 6 nitrogen and oxygen atoms in total. The molecule has 2 aliphatic rings. The van der Waals surface area contributed by atoms with Gasteiger partial charge in [0.1, 0.15) is 0 Å². The van der Waals surface area contributed by atoms with E-state index in [0.29, 0.717) is 16.8 Å². The monoisotopic (exact) mass is 452 g/mol. The predicted octanol–water partition coefficient (Wildman–Crippen LogP) is 4.57. The molecular weight excluding hydrogens is 424 g/mol. The molecule has 2 amide bonds. The summed E-state index contributed by atoms with van der Waals surface area (Å²) in [5.74, 6) is -0.290. The van der Waals surface area contributed by atoms with Crippen LogP contribution in [0.3, 0.4) is 0 Å². The van der Waals surface area contributed by atoms with Gasteiger partial charge in [0.05, 0.1) is 11.3 Å². The van der Waals surface area contributed by atoms with Gasteiger partial charge in [-0.15, -0.1) is 0 Å². The number of carbonyl (C=O) groups is 2. The number of anilines is 2. The minimum absolute atomic E-state index is 0.101. The number of nitrogens with one attached hydrogen (secondary N) is 3. The van der Waals surface area contributed by atoms with Crippen LogP contribution >= 0.6 is 0 Å². The number of nitrogens with zero attached hydrogens (tertiary/aromatic N) is 1. The zero-order chi connectivity index (χ0) is 23.7. The molecule has 6 heteroatoms. The van der Waals surface area contributed by atoms with Gasteiger partial charge in [0.25, 0.3) is 11.8 Å². The van der Waals surface area contributed by atoms with E-state index in [0.717, 1.165) is 41.9 Å². The van der Waals surface area contributed by atoms with Gasteiger partial charge in [-0.25, -0.2) is 0 Å². The molecule has 5 rings (SSSR count). The van der Waals surface area contributed by atoms with E-state index >= 15 is 0 Å². The second kappa shape index (κ2) is 9.15. The summed E-state index contributed by atoms with van der Waals surface area (Å²) in [6.07, 6.45) is 2.06. The fraction of sp³-hybridized carbons (Fsp3) is 0.214. The normalized spacial score (nSPS) is 16.1. The molecule has 3 aromatic rings. The fourth-order valence-corrected chi connectivity index (χ4v) is 4.15. The molecule has 3 aromatic carbocycles. The Morgan fingerprint density at radius 3 is 2.38 bits per heavy atom. The van der Waals surface area contributed by atoms with Crippen molar-refractivity contribution in [3.8, 4) is 0 Å². The number of carbonyl (C=O) groups excluding carboxylic acids is 2. The van der Waals surface area contributed by atoms with Gasteiger partial charge in [0, 0.05) is 35.1 Å². The minimum Gasteiger partial charge on any atom is -0.354 e. The Kier molecular flexibility index (Phi) is 5.90. The van der Waals surface area contributed by atoms with E-state index in [4.69, 9.17) is 0 Å². The first-order valence-electron chi connectivity index (χ1n) is 11.5. The van der Waals surface area contributed by atoms with Crippen LogP contribution in [0.2, 0.25) is 0 Å². The summed E-state index contributed by atoms with van der Waals surface area (Å²) >= 11 is 0. The average Bonchev–Trinajstić information content (AvgIpc) is 3.58. The van der Waals surface area contributed by atoms with Crippen molar-refractivity contribution < 1.29 is 9.59 Å². The summed E-state index contributed by atoms with van der Waals surface area (Å²) < 4.78 is 0. The van der Waals surface area contributed by atoms with Crippen LogP contribution in [0.4, 0.5) is 11.4 Å². The highest BCUT2D eigenvalue weighted by Crippen LogP contribution is 2.38. The summed E-state index contributed by atoms with van der Waals surface area (Å²) in [5.41, 5.74) is 6.30. The lowest BCUT2D eigenvalue weighted by molar-refractivity contribution is -0.110. The van der Waals surface area contributed by atoms with Gasteiger partial charge < -0.3 is 20.9 Å². The van der Waals surface area contributed by atoms with Crippen LogP contribution in [0.25, 0.3) is 11.3 Å². The highest BCUT2D eigenvalue weighted by molar-refractivity contribution is 6.37. The second-order valence-electron chi connectivity index (χ2n) is 9.14. The van der Waals surface area contributed by atoms with Crippen molar-refractivity contribution in [1.82, 2.24) is 10.2 Å². The minimum atomic E-state index is -0.190. The van der Waals surface area contributed by atoms with Crippen molar-refractivity contribution >= 4 is 34.5 Å². The molecular formula is C28H28N4O2. The lowest BCUT2D eigenvalue weighted by atomic mass is 9.98. The molecule has 0 unspecified atom stereocenters. The fourth-order valence-electron chi connectivity index (χ4n) is 4.15. The SMILES string of the molecule is CN(C)Cc1ccc(N/C(=C2\C(=O)Nc3cc(C(=O)NC4CC4)ccc32)c2ccccc2)cc1. The zero-order valence-corrected chi connectivity index (χ0v) is 19.4. The quantitative estimate of drug-likeness (QED) is 0.459. The summed E-state index contributed by atoms with van der Waals surface area (Å²) in [7, 11) is 4.09. The van der Waals surface area contributed by atoms with Gasteiger partial charge in [0.15, 0.2) is 0 Å². The van der Waals surface area contributed by atoms with E-state index in [9.17, 15) is 9.59 Å². The highest BCUT2D eigenvalue weighted by Gasteiger charge is 2.30. The van der Waals surface area contributed by atoms with Crippen LogP contribution in [0.1, 0.15) is 39.9 Å². The first-order valence-corrected chi connectivity index (χ1v) is 11.5. The zero-order valence-electron chi connectivity index (χ0n) is 19.4.